The molecule has 1 aromatic rings. The molecule has 1 heterocycles. The molecule has 2 rings (SSSR count). The minimum absolute atomic E-state index is 0.0902. The molecule has 1 aromatic heterocycles. The van der Waals surface area contributed by atoms with Crippen molar-refractivity contribution in [3.8, 4) is 0 Å². The van der Waals surface area contributed by atoms with E-state index in [2.05, 4.69) is 13.0 Å². The van der Waals surface area contributed by atoms with Gasteiger partial charge in [0.15, 0.2) is 5.43 Å². The van der Waals surface area contributed by atoms with Crippen LogP contribution in [0.2, 0.25) is 0 Å². The van der Waals surface area contributed by atoms with Gasteiger partial charge in [-0.1, -0.05) is 13.0 Å². The van der Waals surface area contributed by atoms with Crippen LogP contribution in [0.4, 0.5) is 0 Å². The Labute approximate surface area is 70.5 Å². The Morgan fingerprint density at radius 2 is 2.42 bits per heavy atom. The van der Waals surface area contributed by atoms with Crippen LogP contribution in [0.5, 0.6) is 0 Å². The van der Waals surface area contributed by atoms with Gasteiger partial charge in [0.05, 0.1) is 6.26 Å². The van der Waals surface area contributed by atoms with E-state index >= 15 is 0 Å². The summed E-state index contributed by atoms with van der Waals surface area (Å²) in [7, 11) is 0. The Bertz CT molecular complexity index is 374. The number of rotatable bonds is 0. The standard InChI is InChI=1S/C10H10O2/c1-7-2-3-10-8(6-7)9(11)4-5-12-10/h2-5,7H,6H2,1H3. The van der Waals surface area contributed by atoms with E-state index in [-0.39, 0.29) is 5.43 Å². The van der Waals surface area contributed by atoms with Crippen molar-refractivity contribution >= 4 is 6.08 Å². The maximum absolute atomic E-state index is 11.3. The molecule has 1 unspecified atom stereocenters. The number of fused-ring (bicyclic) bond motifs is 1. The topological polar surface area (TPSA) is 30.2 Å². The molecule has 0 aromatic carbocycles. The van der Waals surface area contributed by atoms with Crippen molar-refractivity contribution in [3.63, 3.8) is 0 Å². The zero-order valence-electron chi connectivity index (χ0n) is 6.91. The van der Waals surface area contributed by atoms with Gasteiger partial charge in [-0.2, -0.15) is 0 Å². The van der Waals surface area contributed by atoms with Gasteiger partial charge in [0.1, 0.15) is 5.76 Å². The Hall–Kier alpha value is -1.31. The Morgan fingerprint density at radius 1 is 1.58 bits per heavy atom. The first-order chi connectivity index (χ1) is 5.77. The van der Waals surface area contributed by atoms with Crippen molar-refractivity contribution in [3.05, 3.63) is 40.0 Å². The summed E-state index contributed by atoms with van der Waals surface area (Å²) >= 11 is 0. The van der Waals surface area contributed by atoms with Crippen molar-refractivity contribution in [2.45, 2.75) is 13.3 Å². The van der Waals surface area contributed by atoms with E-state index in [1.165, 1.54) is 12.3 Å². The predicted octanol–water partition coefficient (Wildman–Crippen LogP) is 1.85. The molecule has 0 amide bonds. The van der Waals surface area contributed by atoms with Crippen LogP contribution in [0.3, 0.4) is 0 Å². The molecule has 1 atom stereocenters. The third kappa shape index (κ3) is 1.09. The smallest absolute Gasteiger partial charge is 0.188 e. The van der Waals surface area contributed by atoms with Crippen LogP contribution in [0.1, 0.15) is 18.2 Å². The van der Waals surface area contributed by atoms with E-state index < -0.39 is 0 Å². The molecule has 62 valence electrons. The van der Waals surface area contributed by atoms with Crippen molar-refractivity contribution < 1.29 is 4.42 Å². The molecule has 0 bridgehead atoms. The van der Waals surface area contributed by atoms with E-state index in [9.17, 15) is 4.79 Å². The van der Waals surface area contributed by atoms with Crippen molar-refractivity contribution in [2.24, 2.45) is 5.92 Å². The van der Waals surface area contributed by atoms with Crippen LogP contribution in [-0.4, -0.2) is 0 Å². The SMILES string of the molecule is CC1C=Cc2occc(=O)c2C1. The Balaban J connectivity index is 2.61. The zero-order valence-corrected chi connectivity index (χ0v) is 6.91. The maximum atomic E-state index is 11.3. The fourth-order valence-corrected chi connectivity index (χ4v) is 1.45. The van der Waals surface area contributed by atoms with Gasteiger partial charge in [-0.3, -0.25) is 4.79 Å². The van der Waals surface area contributed by atoms with E-state index in [0.29, 0.717) is 5.92 Å². The van der Waals surface area contributed by atoms with Gasteiger partial charge in [0.2, 0.25) is 0 Å². The summed E-state index contributed by atoms with van der Waals surface area (Å²) in [5, 5.41) is 0. The highest BCUT2D eigenvalue weighted by molar-refractivity contribution is 5.50. The molecule has 0 saturated heterocycles. The average molecular weight is 162 g/mol. The van der Waals surface area contributed by atoms with Crippen LogP contribution in [0.15, 0.2) is 27.6 Å². The monoisotopic (exact) mass is 162 g/mol. The highest BCUT2D eigenvalue weighted by atomic mass is 16.3. The van der Waals surface area contributed by atoms with Gasteiger partial charge in [-0.05, 0) is 18.4 Å². The summed E-state index contributed by atoms with van der Waals surface area (Å²) in [5.41, 5.74) is 0.903. The van der Waals surface area contributed by atoms with Gasteiger partial charge in [0.25, 0.3) is 0 Å². The second kappa shape index (κ2) is 2.63. The van der Waals surface area contributed by atoms with Crippen LogP contribution < -0.4 is 5.43 Å². The second-order valence-corrected chi connectivity index (χ2v) is 3.17. The molecule has 0 N–H and O–H groups in total. The fourth-order valence-electron chi connectivity index (χ4n) is 1.45. The minimum Gasteiger partial charge on any atom is -0.464 e. The Morgan fingerprint density at radius 3 is 3.25 bits per heavy atom. The molecular weight excluding hydrogens is 152 g/mol. The first-order valence-corrected chi connectivity index (χ1v) is 4.06. The average Bonchev–Trinajstić information content (AvgIpc) is 2.07. The molecule has 0 radical (unpaired) electrons. The molecule has 0 fully saturated rings. The lowest BCUT2D eigenvalue weighted by atomic mass is 9.95. The van der Waals surface area contributed by atoms with Gasteiger partial charge in [-0.25, -0.2) is 0 Å². The van der Waals surface area contributed by atoms with E-state index in [1.807, 2.05) is 6.08 Å². The highest BCUT2D eigenvalue weighted by Gasteiger charge is 2.13. The van der Waals surface area contributed by atoms with E-state index in [0.717, 1.165) is 17.7 Å². The quantitative estimate of drug-likeness (QED) is 0.582. The largest absolute Gasteiger partial charge is 0.464 e. The molecule has 0 saturated carbocycles. The van der Waals surface area contributed by atoms with E-state index in [1.54, 1.807) is 0 Å². The Kier molecular flexibility index (Phi) is 1.61. The van der Waals surface area contributed by atoms with Gasteiger partial charge in [0, 0.05) is 11.6 Å². The molecule has 1 aliphatic carbocycles. The maximum Gasteiger partial charge on any atom is 0.188 e. The van der Waals surface area contributed by atoms with Gasteiger partial charge < -0.3 is 4.42 Å². The third-order valence-electron chi connectivity index (χ3n) is 2.11. The molecule has 2 heteroatoms. The van der Waals surface area contributed by atoms with Crippen LogP contribution in [0.25, 0.3) is 6.08 Å². The van der Waals surface area contributed by atoms with Gasteiger partial charge >= 0.3 is 0 Å². The molecule has 0 spiro atoms. The van der Waals surface area contributed by atoms with Crippen LogP contribution in [0, 0.1) is 5.92 Å². The summed E-state index contributed by atoms with van der Waals surface area (Å²) < 4.78 is 5.19. The normalized spacial score (nSPS) is 20.6. The second-order valence-electron chi connectivity index (χ2n) is 3.17. The predicted molar refractivity (Wildman–Crippen MR) is 46.9 cm³/mol. The summed E-state index contributed by atoms with van der Waals surface area (Å²) in [6.07, 6.45) is 6.19. The van der Waals surface area contributed by atoms with Gasteiger partial charge in [-0.15, -0.1) is 0 Å². The number of hydrogen-bond acceptors (Lipinski definition) is 2. The summed E-state index contributed by atoms with van der Waals surface area (Å²) in [6, 6.07) is 1.48. The molecule has 2 nitrogen and oxygen atoms in total. The zero-order chi connectivity index (χ0) is 8.55. The van der Waals surface area contributed by atoms with Crippen molar-refractivity contribution in [1.82, 2.24) is 0 Å². The summed E-state index contributed by atoms with van der Waals surface area (Å²) in [6.45, 7) is 2.09. The first kappa shape index (κ1) is 7.35. The molecule has 1 aliphatic rings. The lowest BCUT2D eigenvalue weighted by Gasteiger charge is -2.12. The lowest BCUT2D eigenvalue weighted by molar-refractivity contribution is 0.516. The third-order valence-corrected chi connectivity index (χ3v) is 2.11. The highest BCUT2D eigenvalue weighted by Crippen LogP contribution is 2.18. The fraction of sp³-hybridized carbons (Fsp3) is 0.300. The lowest BCUT2D eigenvalue weighted by Crippen LogP contribution is -2.14. The summed E-state index contributed by atoms with van der Waals surface area (Å²) in [4.78, 5) is 11.3. The number of hydrogen-bond donors (Lipinski definition) is 0. The van der Waals surface area contributed by atoms with Crippen LogP contribution >= 0.6 is 0 Å². The number of allylic oxidation sites excluding steroid dienone is 1. The minimum atomic E-state index is 0.0902. The van der Waals surface area contributed by atoms with E-state index in [4.69, 9.17) is 4.42 Å². The molecule has 12 heavy (non-hydrogen) atoms. The molecular formula is C10H10O2. The molecule has 0 aliphatic heterocycles. The first-order valence-electron chi connectivity index (χ1n) is 4.06. The summed E-state index contributed by atoms with van der Waals surface area (Å²) in [5.74, 6) is 1.17. The van der Waals surface area contributed by atoms with Crippen LogP contribution in [-0.2, 0) is 6.42 Å². The van der Waals surface area contributed by atoms with Crippen molar-refractivity contribution in [2.75, 3.05) is 0 Å². The van der Waals surface area contributed by atoms with Crippen molar-refractivity contribution in [1.29, 1.82) is 0 Å².